The molecular formula is C60H40N2SSi. The Labute approximate surface area is 376 Å². The van der Waals surface area contributed by atoms with Gasteiger partial charge in [-0.3, -0.25) is 0 Å². The SMILES string of the molecule is c1ccc(-c2ccc([Si](c3ccccc3)(c3ccccc3)c3cc(-n4c5ccccc5c5cc(-n6c7ccccc7c7ccccc76)ccc54)c4c(c3)sc3ccccc34)cc2)cc1. The maximum absolute atomic E-state index is 2.98. The summed E-state index contributed by atoms with van der Waals surface area (Å²) in [6, 6.07) is 90.7. The molecule has 0 aliphatic carbocycles. The van der Waals surface area contributed by atoms with Crippen molar-refractivity contribution in [2.45, 2.75) is 0 Å². The average molecular weight is 849 g/mol. The fourth-order valence-corrected chi connectivity index (χ4v) is 16.7. The van der Waals surface area contributed by atoms with Crippen LogP contribution in [0.15, 0.2) is 243 Å². The highest BCUT2D eigenvalue weighted by atomic mass is 32.1. The van der Waals surface area contributed by atoms with Crippen molar-refractivity contribution in [2.24, 2.45) is 0 Å². The standard InChI is InChI=1S/C60H40N2SSi/c1-4-18-41(19-5-1)42-32-35-46(36-33-42)64(44-20-6-2-7-21-44,45-22-8-3-9-23-45)47-39-57(60-51-27-13-17-31-58(51)63-59(60)40-47)62-55-30-16-12-26-50(55)52-38-43(34-37-56(52)62)61-53-28-14-10-24-48(53)49-25-11-15-29-54(49)61/h1-40H. The van der Waals surface area contributed by atoms with Gasteiger partial charge in [-0.25, -0.2) is 0 Å². The first kappa shape index (κ1) is 36.9. The van der Waals surface area contributed by atoms with Crippen molar-refractivity contribution in [3.8, 4) is 22.5 Å². The van der Waals surface area contributed by atoms with Gasteiger partial charge in [0.25, 0.3) is 0 Å². The maximum Gasteiger partial charge on any atom is 0.179 e. The van der Waals surface area contributed by atoms with Crippen LogP contribution in [0.2, 0.25) is 0 Å². The third-order valence-corrected chi connectivity index (χ3v) is 19.3. The first-order chi connectivity index (χ1) is 31.8. The molecule has 10 aromatic carbocycles. The molecule has 0 aliphatic heterocycles. The molecule has 0 bridgehead atoms. The van der Waals surface area contributed by atoms with Crippen LogP contribution in [0, 0.1) is 0 Å². The van der Waals surface area contributed by atoms with Gasteiger partial charge < -0.3 is 9.13 Å². The van der Waals surface area contributed by atoms with Crippen LogP contribution in [-0.4, -0.2) is 17.2 Å². The van der Waals surface area contributed by atoms with Gasteiger partial charge in [0.05, 0.1) is 27.8 Å². The smallest absolute Gasteiger partial charge is 0.179 e. The lowest BCUT2D eigenvalue weighted by atomic mass is 10.1. The number of fused-ring (bicyclic) bond motifs is 9. The van der Waals surface area contributed by atoms with Crippen molar-refractivity contribution in [3.63, 3.8) is 0 Å². The van der Waals surface area contributed by atoms with E-state index in [-0.39, 0.29) is 0 Å². The van der Waals surface area contributed by atoms with Crippen LogP contribution in [0.4, 0.5) is 0 Å². The molecule has 4 heteroatoms. The molecule has 0 aliphatic rings. The van der Waals surface area contributed by atoms with Crippen molar-refractivity contribution in [1.82, 2.24) is 9.13 Å². The number of nitrogens with zero attached hydrogens (tertiary/aromatic N) is 2. The largest absolute Gasteiger partial charge is 0.309 e. The molecular weight excluding hydrogens is 809 g/mol. The molecule has 0 atom stereocenters. The molecule has 0 radical (unpaired) electrons. The third-order valence-electron chi connectivity index (χ3n) is 13.5. The van der Waals surface area contributed by atoms with E-state index < -0.39 is 8.07 Å². The van der Waals surface area contributed by atoms with E-state index in [2.05, 4.69) is 252 Å². The van der Waals surface area contributed by atoms with E-state index in [1.165, 1.54) is 101 Å². The summed E-state index contributed by atoms with van der Waals surface area (Å²) in [4.78, 5) is 0. The fraction of sp³-hybridized carbons (Fsp3) is 0. The van der Waals surface area contributed by atoms with E-state index in [4.69, 9.17) is 0 Å². The first-order valence-electron chi connectivity index (χ1n) is 22.0. The first-order valence-corrected chi connectivity index (χ1v) is 24.8. The monoisotopic (exact) mass is 848 g/mol. The zero-order valence-corrected chi connectivity index (χ0v) is 36.7. The van der Waals surface area contributed by atoms with Gasteiger partial charge in [-0.1, -0.05) is 188 Å². The molecule has 3 heterocycles. The van der Waals surface area contributed by atoms with E-state index in [0.717, 1.165) is 5.69 Å². The molecule has 0 saturated carbocycles. The van der Waals surface area contributed by atoms with Gasteiger partial charge in [-0.2, -0.15) is 0 Å². The van der Waals surface area contributed by atoms with Crippen molar-refractivity contribution >= 4 is 104 Å². The Morgan fingerprint density at radius 1 is 0.297 bits per heavy atom. The molecule has 13 aromatic rings. The van der Waals surface area contributed by atoms with Gasteiger partial charge in [0.2, 0.25) is 0 Å². The molecule has 13 rings (SSSR count). The van der Waals surface area contributed by atoms with E-state index in [9.17, 15) is 0 Å². The topological polar surface area (TPSA) is 9.86 Å². The summed E-state index contributed by atoms with van der Waals surface area (Å²) in [5.74, 6) is 0. The summed E-state index contributed by atoms with van der Waals surface area (Å²) in [5.41, 5.74) is 9.64. The average Bonchev–Trinajstić information content (AvgIpc) is 4.03. The van der Waals surface area contributed by atoms with E-state index in [1.807, 2.05) is 11.3 Å². The minimum absolute atomic E-state index is 1.16. The van der Waals surface area contributed by atoms with Crippen LogP contribution in [-0.2, 0) is 0 Å². The highest BCUT2D eigenvalue weighted by Gasteiger charge is 2.42. The molecule has 2 nitrogen and oxygen atoms in total. The number of benzene rings is 10. The predicted molar refractivity (Wildman–Crippen MR) is 277 cm³/mol. The zero-order valence-electron chi connectivity index (χ0n) is 34.9. The molecule has 0 spiro atoms. The number of hydrogen-bond acceptors (Lipinski definition) is 1. The fourth-order valence-electron chi connectivity index (χ4n) is 10.7. The molecule has 300 valence electrons. The summed E-state index contributed by atoms with van der Waals surface area (Å²) in [7, 11) is -2.98. The Kier molecular flexibility index (Phi) is 8.45. The summed E-state index contributed by atoms with van der Waals surface area (Å²) in [6.07, 6.45) is 0. The summed E-state index contributed by atoms with van der Waals surface area (Å²) >= 11 is 1.91. The lowest BCUT2D eigenvalue weighted by molar-refractivity contribution is 1.17. The molecule has 0 saturated heterocycles. The van der Waals surface area contributed by atoms with Crippen LogP contribution in [0.25, 0.3) is 86.3 Å². The predicted octanol–water partition coefficient (Wildman–Crippen LogP) is 13.3. The Bertz CT molecular complexity index is 3790. The lowest BCUT2D eigenvalue weighted by Gasteiger charge is -2.35. The molecule has 0 unspecified atom stereocenters. The lowest BCUT2D eigenvalue weighted by Crippen LogP contribution is -2.74. The Morgan fingerprint density at radius 3 is 1.39 bits per heavy atom. The second-order valence-corrected chi connectivity index (χ2v) is 21.7. The van der Waals surface area contributed by atoms with Gasteiger partial charge in [-0.05, 0) is 86.5 Å². The van der Waals surface area contributed by atoms with Crippen molar-refractivity contribution in [2.75, 3.05) is 0 Å². The second-order valence-electron chi connectivity index (χ2n) is 16.8. The van der Waals surface area contributed by atoms with Gasteiger partial charge in [0, 0.05) is 47.4 Å². The molecule has 0 amide bonds. The number of aromatic nitrogens is 2. The third kappa shape index (κ3) is 5.50. The van der Waals surface area contributed by atoms with Crippen LogP contribution in [0.1, 0.15) is 0 Å². The van der Waals surface area contributed by atoms with Crippen LogP contribution >= 0.6 is 11.3 Å². The van der Waals surface area contributed by atoms with Gasteiger partial charge >= 0.3 is 0 Å². The van der Waals surface area contributed by atoms with E-state index >= 15 is 0 Å². The van der Waals surface area contributed by atoms with Crippen molar-refractivity contribution < 1.29 is 0 Å². The summed E-state index contributed by atoms with van der Waals surface area (Å²) < 4.78 is 7.60. The second kappa shape index (κ2) is 14.7. The summed E-state index contributed by atoms with van der Waals surface area (Å²) in [5, 5.41) is 13.0. The Balaban J connectivity index is 1.13. The summed E-state index contributed by atoms with van der Waals surface area (Å²) in [6.45, 7) is 0. The quantitative estimate of drug-likeness (QED) is 0.112. The van der Waals surface area contributed by atoms with Gasteiger partial charge in [0.15, 0.2) is 8.07 Å². The maximum atomic E-state index is 2.57. The Morgan fingerprint density at radius 2 is 0.766 bits per heavy atom. The van der Waals surface area contributed by atoms with Crippen molar-refractivity contribution in [1.29, 1.82) is 0 Å². The minimum Gasteiger partial charge on any atom is -0.309 e. The molecule has 3 aromatic heterocycles. The van der Waals surface area contributed by atoms with Gasteiger partial charge in [-0.15, -0.1) is 11.3 Å². The normalized spacial score (nSPS) is 12.1. The van der Waals surface area contributed by atoms with Crippen LogP contribution in [0.3, 0.4) is 0 Å². The van der Waals surface area contributed by atoms with Crippen LogP contribution < -0.4 is 20.7 Å². The highest BCUT2D eigenvalue weighted by molar-refractivity contribution is 7.26. The molecule has 0 N–H and O–H groups in total. The Hall–Kier alpha value is -7.76. The van der Waals surface area contributed by atoms with Gasteiger partial charge in [0.1, 0.15) is 0 Å². The number of para-hydroxylation sites is 3. The molecule has 64 heavy (non-hydrogen) atoms. The van der Waals surface area contributed by atoms with E-state index in [1.54, 1.807) is 0 Å². The highest BCUT2D eigenvalue weighted by Crippen LogP contribution is 2.42. The zero-order chi connectivity index (χ0) is 42.2. The number of rotatable bonds is 7. The minimum atomic E-state index is -2.98. The number of hydrogen-bond donors (Lipinski definition) is 0. The molecule has 0 fully saturated rings. The van der Waals surface area contributed by atoms with E-state index in [0.29, 0.717) is 0 Å². The number of thiophene rings is 1. The van der Waals surface area contributed by atoms with Crippen LogP contribution in [0.5, 0.6) is 0 Å². The van der Waals surface area contributed by atoms with Crippen molar-refractivity contribution in [3.05, 3.63) is 243 Å².